The Labute approximate surface area is 85.7 Å². The lowest BCUT2D eigenvalue weighted by Gasteiger charge is -2.08. The van der Waals surface area contributed by atoms with Crippen LogP contribution in [0.3, 0.4) is 0 Å². The van der Waals surface area contributed by atoms with Gasteiger partial charge in [-0.25, -0.2) is 0 Å². The molecule has 0 aromatic heterocycles. The summed E-state index contributed by atoms with van der Waals surface area (Å²) in [7, 11) is 0. The van der Waals surface area contributed by atoms with Crippen LogP contribution in [-0.4, -0.2) is 19.6 Å². The molecule has 0 radical (unpaired) electrons. The molecule has 0 amide bonds. The average molecular weight is 190 g/mol. The minimum atomic E-state index is 0. The van der Waals surface area contributed by atoms with Crippen LogP contribution in [0.4, 0.5) is 5.69 Å². The van der Waals surface area contributed by atoms with Crippen molar-refractivity contribution in [2.75, 3.05) is 25.0 Å². The fraction of sp³-hybridized carbons (Fsp3) is 0.500. The van der Waals surface area contributed by atoms with Gasteiger partial charge in [0.25, 0.3) is 0 Å². The molecule has 1 aromatic carbocycles. The highest BCUT2D eigenvalue weighted by Gasteiger charge is 2.25. The van der Waals surface area contributed by atoms with E-state index >= 15 is 0 Å². The molecule has 0 spiro atoms. The molecule has 2 aliphatic heterocycles. The van der Waals surface area contributed by atoms with Gasteiger partial charge < -0.3 is 10.6 Å². The van der Waals surface area contributed by atoms with Crippen molar-refractivity contribution >= 4 is 5.69 Å². The molecule has 1 unspecified atom stereocenters. The Bertz CT molecular complexity index is 333. The molecule has 3 rings (SSSR count). The van der Waals surface area contributed by atoms with E-state index in [-0.39, 0.29) is 7.43 Å². The van der Waals surface area contributed by atoms with Crippen molar-refractivity contribution in [1.29, 1.82) is 0 Å². The molecule has 2 heteroatoms. The Morgan fingerprint density at radius 2 is 2.14 bits per heavy atom. The largest absolute Gasteiger partial charge is 0.384 e. The van der Waals surface area contributed by atoms with Crippen LogP contribution in [0.1, 0.15) is 24.5 Å². The number of hydrogen-bond acceptors (Lipinski definition) is 2. The van der Waals surface area contributed by atoms with E-state index in [0.717, 1.165) is 19.6 Å². The lowest BCUT2D eigenvalue weighted by Crippen LogP contribution is -2.21. The predicted octanol–water partition coefficient (Wildman–Crippen LogP) is 1.98. The highest BCUT2D eigenvalue weighted by atomic mass is 15.0. The summed E-state index contributed by atoms with van der Waals surface area (Å²) in [6.07, 6.45) is 1.18. The van der Waals surface area contributed by atoms with Gasteiger partial charge in [0.1, 0.15) is 0 Å². The van der Waals surface area contributed by atoms with Crippen LogP contribution >= 0.6 is 0 Å². The molecule has 2 nitrogen and oxygen atoms in total. The minimum Gasteiger partial charge on any atom is -0.384 e. The summed E-state index contributed by atoms with van der Waals surface area (Å²) in [5.41, 5.74) is 4.48. The van der Waals surface area contributed by atoms with Gasteiger partial charge in [-0.15, -0.1) is 0 Å². The third kappa shape index (κ3) is 1.30. The van der Waals surface area contributed by atoms with Crippen LogP contribution in [0.5, 0.6) is 0 Å². The summed E-state index contributed by atoms with van der Waals surface area (Å²) in [6.45, 7) is 3.38. The topological polar surface area (TPSA) is 24.1 Å². The molecule has 0 aliphatic carbocycles. The standard InChI is InChI=1S/C11H14N2.CH4/c1-2-8-4-5-12-6-9-7-13-10(3-1)11(8)9;/h1-3,9,12-13H,4-7H2;1H4. The fourth-order valence-corrected chi connectivity index (χ4v) is 2.48. The fourth-order valence-electron chi connectivity index (χ4n) is 2.48. The molecule has 0 saturated heterocycles. The third-order valence-electron chi connectivity index (χ3n) is 3.11. The van der Waals surface area contributed by atoms with Gasteiger partial charge in [-0.05, 0) is 30.2 Å². The SMILES string of the molecule is C.c1cc2c3c(c1)NCC3CNCC2. The van der Waals surface area contributed by atoms with Gasteiger partial charge in [0.15, 0.2) is 0 Å². The van der Waals surface area contributed by atoms with Crippen LogP contribution in [0.15, 0.2) is 18.2 Å². The maximum Gasteiger partial charge on any atom is 0.0379 e. The molecule has 0 saturated carbocycles. The van der Waals surface area contributed by atoms with Gasteiger partial charge in [0.05, 0.1) is 0 Å². The smallest absolute Gasteiger partial charge is 0.0379 e. The number of anilines is 1. The zero-order chi connectivity index (χ0) is 8.67. The van der Waals surface area contributed by atoms with Crippen molar-refractivity contribution in [3.63, 3.8) is 0 Å². The predicted molar refractivity (Wildman–Crippen MR) is 61.0 cm³/mol. The molecule has 1 aromatic rings. The van der Waals surface area contributed by atoms with Crippen LogP contribution < -0.4 is 10.6 Å². The van der Waals surface area contributed by atoms with Crippen LogP contribution in [0.25, 0.3) is 0 Å². The van der Waals surface area contributed by atoms with E-state index in [0.29, 0.717) is 5.92 Å². The first-order valence-electron chi connectivity index (χ1n) is 5.01. The minimum absolute atomic E-state index is 0. The molecule has 76 valence electrons. The number of hydrogen-bond donors (Lipinski definition) is 2. The summed E-state index contributed by atoms with van der Waals surface area (Å²) in [4.78, 5) is 0. The van der Waals surface area contributed by atoms with Gasteiger partial charge in [-0.2, -0.15) is 0 Å². The zero-order valence-electron chi connectivity index (χ0n) is 7.64. The molecular weight excluding hydrogens is 172 g/mol. The maximum absolute atomic E-state index is 3.49. The number of nitrogens with one attached hydrogen (secondary N) is 2. The van der Waals surface area contributed by atoms with Crippen molar-refractivity contribution in [1.82, 2.24) is 5.32 Å². The summed E-state index contributed by atoms with van der Waals surface area (Å²) < 4.78 is 0. The second-order valence-corrected chi connectivity index (χ2v) is 3.91. The van der Waals surface area contributed by atoms with Gasteiger partial charge >= 0.3 is 0 Å². The Morgan fingerprint density at radius 1 is 1.21 bits per heavy atom. The first-order chi connectivity index (χ1) is 6.45. The van der Waals surface area contributed by atoms with Crippen molar-refractivity contribution in [3.05, 3.63) is 29.3 Å². The monoisotopic (exact) mass is 190 g/mol. The van der Waals surface area contributed by atoms with E-state index in [1.54, 1.807) is 5.56 Å². The summed E-state index contributed by atoms with van der Waals surface area (Å²) >= 11 is 0. The van der Waals surface area contributed by atoms with Crippen molar-refractivity contribution in [2.24, 2.45) is 0 Å². The Kier molecular flexibility index (Phi) is 2.46. The first-order valence-corrected chi connectivity index (χ1v) is 5.01. The van der Waals surface area contributed by atoms with Crippen molar-refractivity contribution in [3.8, 4) is 0 Å². The molecule has 14 heavy (non-hydrogen) atoms. The van der Waals surface area contributed by atoms with Gasteiger partial charge in [0.2, 0.25) is 0 Å². The highest BCUT2D eigenvalue weighted by molar-refractivity contribution is 5.61. The Balaban J connectivity index is 0.000000750. The molecule has 1 atom stereocenters. The lowest BCUT2D eigenvalue weighted by atomic mass is 9.96. The van der Waals surface area contributed by atoms with E-state index in [9.17, 15) is 0 Å². The van der Waals surface area contributed by atoms with Crippen LogP contribution in [-0.2, 0) is 6.42 Å². The normalized spacial score (nSPS) is 23.0. The van der Waals surface area contributed by atoms with Gasteiger partial charge in [-0.3, -0.25) is 0 Å². The van der Waals surface area contributed by atoms with E-state index in [4.69, 9.17) is 0 Å². The molecule has 0 bridgehead atoms. The average Bonchev–Trinajstić information content (AvgIpc) is 2.44. The highest BCUT2D eigenvalue weighted by Crippen LogP contribution is 2.34. The van der Waals surface area contributed by atoms with E-state index in [1.165, 1.54) is 17.7 Å². The quantitative estimate of drug-likeness (QED) is 0.653. The number of rotatable bonds is 0. The number of benzene rings is 1. The van der Waals surface area contributed by atoms with Crippen LogP contribution in [0, 0.1) is 0 Å². The molecule has 0 fully saturated rings. The molecule has 2 N–H and O–H groups in total. The third-order valence-corrected chi connectivity index (χ3v) is 3.11. The summed E-state index contributed by atoms with van der Waals surface area (Å²) in [5, 5.41) is 6.96. The summed E-state index contributed by atoms with van der Waals surface area (Å²) in [5.74, 6) is 0.702. The molecular formula is C12H18N2. The Hall–Kier alpha value is -1.02. The second kappa shape index (κ2) is 3.62. The maximum atomic E-state index is 3.49. The Morgan fingerprint density at radius 3 is 3.07 bits per heavy atom. The van der Waals surface area contributed by atoms with Gasteiger partial charge in [0, 0.05) is 24.7 Å². The van der Waals surface area contributed by atoms with Crippen LogP contribution in [0.2, 0.25) is 0 Å². The summed E-state index contributed by atoms with van der Waals surface area (Å²) in [6, 6.07) is 6.63. The molecule has 2 heterocycles. The van der Waals surface area contributed by atoms with E-state index in [1.807, 2.05) is 0 Å². The van der Waals surface area contributed by atoms with E-state index < -0.39 is 0 Å². The molecule has 2 aliphatic rings. The van der Waals surface area contributed by atoms with Crippen molar-refractivity contribution in [2.45, 2.75) is 19.8 Å². The van der Waals surface area contributed by atoms with Gasteiger partial charge in [-0.1, -0.05) is 19.6 Å². The van der Waals surface area contributed by atoms with E-state index in [2.05, 4.69) is 28.8 Å². The first kappa shape index (κ1) is 9.53. The zero-order valence-corrected chi connectivity index (χ0v) is 7.64. The lowest BCUT2D eigenvalue weighted by molar-refractivity contribution is 0.639. The van der Waals surface area contributed by atoms with Crippen molar-refractivity contribution < 1.29 is 0 Å². The second-order valence-electron chi connectivity index (χ2n) is 3.91.